The predicted octanol–water partition coefficient (Wildman–Crippen LogP) is 3.52. The van der Waals surface area contributed by atoms with Crippen LogP contribution in [-0.4, -0.2) is 18.9 Å². The number of benzene rings is 2. The Hall–Kier alpha value is -2.82. The molecule has 25 heavy (non-hydrogen) atoms. The number of nitrogens with one attached hydrogen (secondary N) is 2. The number of aryl methyl sites for hydroxylation is 2. The molecule has 0 aliphatic carbocycles. The van der Waals surface area contributed by atoms with Crippen LogP contribution in [0.5, 0.6) is 5.75 Å². The van der Waals surface area contributed by atoms with Crippen molar-refractivity contribution in [3.8, 4) is 5.75 Å². The highest BCUT2D eigenvalue weighted by atomic mass is 16.5. The zero-order valence-corrected chi connectivity index (χ0v) is 15.1. The normalized spacial score (nSPS) is 11.5. The molecule has 2 N–H and O–H groups in total. The molecule has 0 spiro atoms. The van der Waals surface area contributed by atoms with E-state index in [9.17, 15) is 9.59 Å². The summed E-state index contributed by atoms with van der Waals surface area (Å²) in [5.41, 5.74) is 3.69. The first-order chi connectivity index (χ1) is 11.9. The Labute approximate surface area is 148 Å². The average molecular weight is 340 g/mol. The maximum atomic E-state index is 12.5. The molecule has 132 valence electrons. The zero-order chi connectivity index (χ0) is 18.4. The fourth-order valence-electron chi connectivity index (χ4n) is 2.72. The van der Waals surface area contributed by atoms with Crippen molar-refractivity contribution < 1.29 is 14.3 Å². The third kappa shape index (κ3) is 5.08. The SMILES string of the molecule is COc1ccc(C(CC(=O)Nc2c(C)cccc2C)NC(C)=O)cc1. The Morgan fingerprint density at radius 2 is 1.64 bits per heavy atom. The fraction of sp³-hybridized carbons (Fsp3) is 0.300. The summed E-state index contributed by atoms with van der Waals surface area (Å²) < 4.78 is 5.15. The van der Waals surface area contributed by atoms with Crippen LogP contribution in [0.15, 0.2) is 42.5 Å². The minimum Gasteiger partial charge on any atom is -0.497 e. The third-order valence-electron chi connectivity index (χ3n) is 4.03. The maximum Gasteiger partial charge on any atom is 0.226 e. The van der Waals surface area contributed by atoms with Crippen molar-refractivity contribution in [2.24, 2.45) is 0 Å². The largest absolute Gasteiger partial charge is 0.497 e. The van der Waals surface area contributed by atoms with Gasteiger partial charge in [0.2, 0.25) is 11.8 Å². The van der Waals surface area contributed by atoms with E-state index in [2.05, 4.69) is 10.6 Å². The van der Waals surface area contributed by atoms with Crippen molar-refractivity contribution in [1.82, 2.24) is 5.32 Å². The van der Waals surface area contributed by atoms with E-state index in [-0.39, 0.29) is 18.2 Å². The number of rotatable bonds is 6. The Morgan fingerprint density at radius 1 is 1.04 bits per heavy atom. The van der Waals surface area contributed by atoms with Gasteiger partial charge in [0.15, 0.2) is 0 Å². The molecule has 2 rings (SSSR count). The average Bonchev–Trinajstić information content (AvgIpc) is 2.57. The molecule has 0 aliphatic rings. The molecule has 1 atom stereocenters. The Morgan fingerprint density at radius 3 is 2.16 bits per heavy atom. The van der Waals surface area contributed by atoms with Gasteiger partial charge in [-0.2, -0.15) is 0 Å². The molecule has 0 bridgehead atoms. The minimum atomic E-state index is -0.396. The third-order valence-corrected chi connectivity index (χ3v) is 4.03. The van der Waals surface area contributed by atoms with Crippen molar-refractivity contribution in [3.63, 3.8) is 0 Å². The topological polar surface area (TPSA) is 67.4 Å². The lowest BCUT2D eigenvalue weighted by Crippen LogP contribution is -2.30. The van der Waals surface area contributed by atoms with Gasteiger partial charge in [-0.1, -0.05) is 30.3 Å². The molecular formula is C20H24N2O3. The molecule has 0 aromatic heterocycles. The van der Waals surface area contributed by atoms with E-state index in [1.807, 2.05) is 56.3 Å². The number of amides is 2. The molecule has 0 fully saturated rings. The van der Waals surface area contributed by atoms with Crippen molar-refractivity contribution >= 4 is 17.5 Å². The summed E-state index contributed by atoms with van der Waals surface area (Å²) in [5.74, 6) is 0.401. The lowest BCUT2D eigenvalue weighted by molar-refractivity contribution is -0.120. The van der Waals surface area contributed by atoms with Gasteiger partial charge in [-0.3, -0.25) is 9.59 Å². The molecule has 2 aromatic rings. The van der Waals surface area contributed by atoms with E-state index in [4.69, 9.17) is 4.74 Å². The lowest BCUT2D eigenvalue weighted by Gasteiger charge is -2.19. The second kappa shape index (κ2) is 8.33. The molecule has 0 heterocycles. The number of para-hydroxylation sites is 1. The van der Waals surface area contributed by atoms with E-state index in [0.717, 1.165) is 28.1 Å². The quantitative estimate of drug-likeness (QED) is 0.845. The van der Waals surface area contributed by atoms with Crippen LogP contribution in [0.3, 0.4) is 0 Å². The summed E-state index contributed by atoms with van der Waals surface area (Å²) in [6.45, 7) is 5.36. The number of carbonyl (C=O) groups is 2. The van der Waals surface area contributed by atoms with Gasteiger partial charge in [0.25, 0.3) is 0 Å². The minimum absolute atomic E-state index is 0.146. The maximum absolute atomic E-state index is 12.5. The summed E-state index contributed by atoms with van der Waals surface area (Å²) >= 11 is 0. The van der Waals surface area contributed by atoms with Crippen LogP contribution in [-0.2, 0) is 9.59 Å². The van der Waals surface area contributed by atoms with Crippen LogP contribution in [0.25, 0.3) is 0 Å². The zero-order valence-electron chi connectivity index (χ0n) is 15.1. The Bertz CT molecular complexity index is 734. The van der Waals surface area contributed by atoms with Gasteiger partial charge >= 0.3 is 0 Å². The molecular weight excluding hydrogens is 316 g/mol. The van der Waals surface area contributed by atoms with Gasteiger partial charge in [0.1, 0.15) is 5.75 Å². The standard InChI is InChI=1S/C20H24N2O3/c1-13-6-5-7-14(2)20(13)22-19(24)12-18(21-15(3)23)16-8-10-17(25-4)11-9-16/h5-11,18H,12H2,1-4H3,(H,21,23)(H,22,24). The predicted molar refractivity (Wildman–Crippen MR) is 98.7 cm³/mol. The first-order valence-electron chi connectivity index (χ1n) is 8.18. The first-order valence-corrected chi connectivity index (χ1v) is 8.18. The molecule has 0 aliphatic heterocycles. The molecule has 2 aromatic carbocycles. The van der Waals surface area contributed by atoms with E-state index >= 15 is 0 Å². The van der Waals surface area contributed by atoms with E-state index in [1.54, 1.807) is 7.11 Å². The van der Waals surface area contributed by atoms with Gasteiger partial charge in [0, 0.05) is 12.6 Å². The van der Waals surface area contributed by atoms with Crippen LogP contribution in [0.1, 0.15) is 36.1 Å². The summed E-state index contributed by atoms with van der Waals surface area (Å²) in [7, 11) is 1.60. The van der Waals surface area contributed by atoms with Crippen LogP contribution < -0.4 is 15.4 Å². The Kier molecular flexibility index (Phi) is 6.17. The number of hydrogen-bond acceptors (Lipinski definition) is 3. The number of hydrogen-bond donors (Lipinski definition) is 2. The molecule has 0 saturated carbocycles. The van der Waals surface area contributed by atoms with Gasteiger partial charge in [-0.05, 0) is 42.7 Å². The van der Waals surface area contributed by atoms with Gasteiger partial charge in [-0.25, -0.2) is 0 Å². The van der Waals surface area contributed by atoms with Crippen LogP contribution in [0.2, 0.25) is 0 Å². The number of carbonyl (C=O) groups excluding carboxylic acids is 2. The fourth-order valence-corrected chi connectivity index (χ4v) is 2.72. The summed E-state index contributed by atoms with van der Waals surface area (Å²) in [6.07, 6.45) is 0.152. The number of ether oxygens (including phenoxy) is 1. The first kappa shape index (κ1) is 18.5. The molecule has 2 amide bonds. The monoisotopic (exact) mass is 340 g/mol. The summed E-state index contributed by atoms with van der Waals surface area (Å²) in [5, 5.41) is 5.80. The molecule has 5 heteroatoms. The van der Waals surface area contributed by atoms with E-state index in [1.165, 1.54) is 6.92 Å². The summed E-state index contributed by atoms with van der Waals surface area (Å²) in [4.78, 5) is 24.0. The molecule has 0 radical (unpaired) electrons. The van der Waals surface area contributed by atoms with Crippen molar-refractivity contribution in [2.75, 3.05) is 12.4 Å². The number of anilines is 1. The molecule has 1 unspecified atom stereocenters. The lowest BCUT2D eigenvalue weighted by atomic mass is 10.0. The molecule has 5 nitrogen and oxygen atoms in total. The number of methoxy groups -OCH3 is 1. The smallest absolute Gasteiger partial charge is 0.226 e. The van der Waals surface area contributed by atoms with Crippen molar-refractivity contribution in [1.29, 1.82) is 0 Å². The van der Waals surface area contributed by atoms with Crippen LogP contribution in [0, 0.1) is 13.8 Å². The highest BCUT2D eigenvalue weighted by Crippen LogP contribution is 2.23. The van der Waals surface area contributed by atoms with E-state index < -0.39 is 6.04 Å². The highest BCUT2D eigenvalue weighted by molar-refractivity contribution is 5.93. The highest BCUT2D eigenvalue weighted by Gasteiger charge is 2.18. The second-order valence-corrected chi connectivity index (χ2v) is 6.05. The van der Waals surface area contributed by atoms with Crippen LogP contribution >= 0.6 is 0 Å². The van der Waals surface area contributed by atoms with Gasteiger partial charge in [0.05, 0.1) is 19.6 Å². The van der Waals surface area contributed by atoms with Crippen molar-refractivity contribution in [2.45, 2.75) is 33.2 Å². The van der Waals surface area contributed by atoms with Crippen LogP contribution in [0.4, 0.5) is 5.69 Å². The van der Waals surface area contributed by atoms with Gasteiger partial charge in [-0.15, -0.1) is 0 Å². The second-order valence-electron chi connectivity index (χ2n) is 6.05. The summed E-state index contributed by atoms with van der Waals surface area (Å²) in [6, 6.07) is 12.8. The molecule has 0 saturated heterocycles. The van der Waals surface area contributed by atoms with E-state index in [0.29, 0.717) is 0 Å². The van der Waals surface area contributed by atoms with Crippen molar-refractivity contribution in [3.05, 3.63) is 59.2 Å². The Balaban J connectivity index is 2.15. The van der Waals surface area contributed by atoms with Gasteiger partial charge < -0.3 is 15.4 Å².